The van der Waals surface area contributed by atoms with E-state index in [0.29, 0.717) is 0 Å². The topological polar surface area (TPSA) is 8.81 Å². The zero-order valence-electron chi connectivity index (χ0n) is 13.4. The molecular weight excluding hydrogens is 348 g/mol. The highest BCUT2D eigenvalue weighted by Crippen LogP contribution is 2.26. The van der Waals surface area contributed by atoms with Gasteiger partial charge in [-0.2, -0.15) is 4.57 Å². The maximum absolute atomic E-state index is 2.94. The van der Waals surface area contributed by atoms with Crippen LogP contribution in [0.4, 0.5) is 0 Å². The van der Waals surface area contributed by atoms with Crippen molar-refractivity contribution >= 4 is 37.7 Å². The maximum atomic E-state index is 2.94. The van der Waals surface area contributed by atoms with Crippen LogP contribution in [0.3, 0.4) is 0 Å². The first-order valence-electron chi connectivity index (χ1n) is 7.61. The Bertz CT molecular complexity index is 926. The number of aromatic nitrogens is 2. The molecule has 0 atom stereocenters. The van der Waals surface area contributed by atoms with E-state index in [2.05, 4.69) is 105 Å². The maximum Gasteiger partial charge on any atom is 0.193 e. The number of aryl methyl sites for hydroxylation is 1. The van der Waals surface area contributed by atoms with Crippen molar-refractivity contribution < 1.29 is 4.57 Å². The molecule has 2 nitrogen and oxygen atoms in total. The summed E-state index contributed by atoms with van der Waals surface area (Å²) in [5.74, 6) is 1.81. The average molecular weight is 368 g/mol. The average Bonchev–Trinajstić information content (AvgIpc) is 2.91. The van der Waals surface area contributed by atoms with Crippen LogP contribution in [-0.4, -0.2) is 10.4 Å². The summed E-state index contributed by atoms with van der Waals surface area (Å²) in [7, 11) is 2.14. The van der Waals surface area contributed by atoms with Gasteiger partial charge in [0.1, 0.15) is 5.52 Å². The molecule has 0 spiro atoms. The van der Waals surface area contributed by atoms with Gasteiger partial charge in [-0.15, -0.1) is 0 Å². The van der Waals surface area contributed by atoms with Gasteiger partial charge in [-0.25, -0.2) is 0 Å². The zero-order valence-corrected chi connectivity index (χ0v) is 15.0. The lowest BCUT2D eigenvalue weighted by atomic mass is 10.2. The molecule has 0 bridgehead atoms. The smallest absolute Gasteiger partial charge is 0.193 e. The van der Waals surface area contributed by atoms with Crippen LogP contribution >= 0.6 is 15.9 Å². The van der Waals surface area contributed by atoms with Gasteiger partial charge in [-0.1, -0.05) is 64.5 Å². The van der Waals surface area contributed by atoms with E-state index in [4.69, 9.17) is 0 Å². The van der Waals surface area contributed by atoms with Gasteiger partial charge >= 0.3 is 0 Å². The first-order valence-corrected chi connectivity index (χ1v) is 9.19. The first-order chi connectivity index (χ1) is 11.3. The highest BCUT2D eigenvalue weighted by molar-refractivity contribution is 9.08. The third kappa shape index (κ3) is 3.02. The van der Waals surface area contributed by atoms with Crippen LogP contribution in [0.5, 0.6) is 0 Å². The van der Waals surface area contributed by atoms with Crippen molar-refractivity contribution in [3.05, 3.63) is 78.6 Å². The van der Waals surface area contributed by atoms with Crippen LogP contribution in [-0.2, 0) is 13.6 Å². The van der Waals surface area contributed by atoms with E-state index in [1.807, 2.05) is 5.83 Å². The molecule has 4 rings (SSSR count). The minimum absolute atomic E-state index is 0.901. The largest absolute Gasteiger partial charge is 0.339 e. The van der Waals surface area contributed by atoms with E-state index in [9.17, 15) is 0 Å². The van der Waals surface area contributed by atoms with Gasteiger partial charge in [0, 0.05) is 35.0 Å². The van der Waals surface area contributed by atoms with Gasteiger partial charge in [0.2, 0.25) is 0 Å². The van der Waals surface area contributed by atoms with Gasteiger partial charge in [-0.05, 0) is 11.9 Å². The Labute approximate surface area is 145 Å². The molecule has 0 aliphatic rings. The number of hydrogen-bond acceptors (Lipinski definition) is 0. The standard InChI is InChI=1S/C19H17N2.CH3Br/c1-20-18-10-6-5-9-16(18)17-11-12-21(14-19(17)20)13-15-7-3-2-4-8-15;1-2/h2-12,14H,13H2,1H3;1H3/q+1;. The number of nitrogens with zero attached hydrogens (tertiary/aromatic N) is 2. The molecule has 2 heterocycles. The molecule has 0 aliphatic carbocycles. The fraction of sp³-hybridized carbons (Fsp3) is 0.150. The van der Waals surface area contributed by atoms with Crippen LogP contribution in [0.2, 0.25) is 0 Å². The number of pyridine rings is 1. The summed E-state index contributed by atoms with van der Waals surface area (Å²) in [5.41, 5.74) is 3.88. The van der Waals surface area contributed by atoms with E-state index in [0.717, 1.165) is 6.54 Å². The molecule has 3 heteroatoms. The Hall–Kier alpha value is -2.13. The highest BCUT2D eigenvalue weighted by atomic mass is 79.9. The molecule has 0 unspecified atom stereocenters. The Morgan fingerprint density at radius 2 is 1.48 bits per heavy atom. The molecule has 0 saturated carbocycles. The van der Waals surface area contributed by atoms with Crippen molar-refractivity contribution in [2.45, 2.75) is 6.54 Å². The summed E-state index contributed by atoms with van der Waals surface area (Å²) in [4.78, 5) is 0. The summed E-state index contributed by atoms with van der Waals surface area (Å²) in [6.45, 7) is 0.901. The second-order valence-electron chi connectivity index (χ2n) is 5.48. The summed E-state index contributed by atoms with van der Waals surface area (Å²) < 4.78 is 4.52. The van der Waals surface area contributed by atoms with E-state index in [1.54, 1.807) is 0 Å². The molecule has 116 valence electrons. The summed E-state index contributed by atoms with van der Waals surface area (Å²) in [5, 5.41) is 2.64. The molecule has 0 amide bonds. The third-order valence-electron chi connectivity index (χ3n) is 4.12. The van der Waals surface area contributed by atoms with Crippen molar-refractivity contribution in [2.75, 3.05) is 5.83 Å². The lowest BCUT2D eigenvalue weighted by Gasteiger charge is -1.99. The third-order valence-corrected chi connectivity index (χ3v) is 4.12. The number of rotatable bonds is 2. The van der Waals surface area contributed by atoms with Gasteiger partial charge < -0.3 is 4.57 Å². The van der Waals surface area contributed by atoms with Crippen LogP contribution in [0, 0.1) is 0 Å². The molecule has 0 saturated heterocycles. The van der Waals surface area contributed by atoms with Crippen molar-refractivity contribution in [3.8, 4) is 0 Å². The minimum Gasteiger partial charge on any atom is -0.339 e. The van der Waals surface area contributed by atoms with Crippen molar-refractivity contribution in [1.29, 1.82) is 0 Å². The number of alkyl halides is 1. The van der Waals surface area contributed by atoms with E-state index in [-0.39, 0.29) is 0 Å². The predicted molar refractivity (Wildman–Crippen MR) is 101 cm³/mol. The van der Waals surface area contributed by atoms with E-state index >= 15 is 0 Å². The normalized spacial score (nSPS) is 10.6. The first kappa shape index (κ1) is 15.8. The summed E-state index contributed by atoms with van der Waals surface area (Å²) in [6.07, 6.45) is 4.41. The Morgan fingerprint density at radius 1 is 0.826 bits per heavy atom. The quantitative estimate of drug-likeness (QED) is 0.359. The number of fused-ring (bicyclic) bond motifs is 3. The Balaban J connectivity index is 0.000000753. The van der Waals surface area contributed by atoms with Crippen LogP contribution in [0.15, 0.2) is 73.1 Å². The number of benzene rings is 2. The molecule has 23 heavy (non-hydrogen) atoms. The number of hydrogen-bond donors (Lipinski definition) is 0. The van der Waals surface area contributed by atoms with Crippen LogP contribution < -0.4 is 4.57 Å². The van der Waals surface area contributed by atoms with Gasteiger partial charge in [0.25, 0.3) is 0 Å². The Morgan fingerprint density at radius 3 is 2.26 bits per heavy atom. The second-order valence-corrected chi connectivity index (χ2v) is 5.48. The monoisotopic (exact) mass is 367 g/mol. The van der Waals surface area contributed by atoms with Crippen LogP contribution in [0.1, 0.15) is 5.56 Å². The highest BCUT2D eigenvalue weighted by Gasteiger charge is 2.11. The van der Waals surface area contributed by atoms with Crippen molar-refractivity contribution in [1.82, 2.24) is 4.57 Å². The number of para-hydroxylation sites is 1. The molecule has 0 aliphatic heterocycles. The molecule has 0 fully saturated rings. The lowest BCUT2D eigenvalue weighted by Crippen LogP contribution is -2.33. The van der Waals surface area contributed by atoms with E-state index < -0.39 is 0 Å². The second kappa shape index (κ2) is 6.97. The Kier molecular flexibility index (Phi) is 4.77. The molecule has 2 aromatic heterocycles. The molecule has 4 aromatic rings. The zero-order chi connectivity index (χ0) is 16.2. The SMILES string of the molecule is CBr.Cn1c2ccccc2c2cc[n+](Cc3ccccc3)cc21. The summed E-state index contributed by atoms with van der Waals surface area (Å²) in [6, 6.07) is 21.4. The van der Waals surface area contributed by atoms with Gasteiger partial charge in [-0.3, -0.25) is 0 Å². The van der Waals surface area contributed by atoms with Crippen molar-refractivity contribution in [3.63, 3.8) is 0 Å². The van der Waals surface area contributed by atoms with Gasteiger partial charge in [0.15, 0.2) is 18.9 Å². The van der Waals surface area contributed by atoms with Crippen molar-refractivity contribution in [2.24, 2.45) is 7.05 Å². The molecular formula is C20H20BrN2+. The fourth-order valence-corrected chi connectivity index (χ4v) is 3.04. The van der Waals surface area contributed by atoms with Crippen LogP contribution in [0.25, 0.3) is 21.8 Å². The molecule has 0 N–H and O–H groups in total. The van der Waals surface area contributed by atoms with E-state index in [1.165, 1.54) is 27.4 Å². The lowest BCUT2D eigenvalue weighted by molar-refractivity contribution is -0.687. The van der Waals surface area contributed by atoms with Gasteiger partial charge in [0.05, 0.1) is 0 Å². The fourth-order valence-electron chi connectivity index (χ4n) is 3.04. The number of halogens is 1. The molecule has 2 aromatic carbocycles. The summed E-state index contributed by atoms with van der Waals surface area (Å²) >= 11 is 2.94. The predicted octanol–water partition coefficient (Wildman–Crippen LogP) is 4.68. The minimum atomic E-state index is 0.901. The molecule has 0 radical (unpaired) electrons.